The standard InChI is InChI=1S/C11H19F2N/c1-8(2)9-4-5-10(11(12)13)14(3)7-6-9/h6,8,10-11H,4-5,7H2,1-3H3/t10-/m1/s1. The van der Waals surface area contributed by atoms with E-state index in [0.29, 0.717) is 18.9 Å². The van der Waals surface area contributed by atoms with E-state index < -0.39 is 12.5 Å². The molecule has 0 N–H and O–H groups in total. The molecule has 1 aliphatic rings. The van der Waals surface area contributed by atoms with Crippen LogP contribution in [0.3, 0.4) is 0 Å². The van der Waals surface area contributed by atoms with Crippen LogP contribution in [-0.4, -0.2) is 31.0 Å². The lowest BCUT2D eigenvalue weighted by atomic mass is 9.97. The van der Waals surface area contributed by atoms with Crippen LogP contribution in [0.4, 0.5) is 8.78 Å². The van der Waals surface area contributed by atoms with Gasteiger partial charge in [0, 0.05) is 6.54 Å². The summed E-state index contributed by atoms with van der Waals surface area (Å²) in [6.45, 7) is 4.89. The Balaban J connectivity index is 2.63. The lowest BCUT2D eigenvalue weighted by Gasteiger charge is -2.24. The molecule has 1 rings (SSSR count). The molecular formula is C11H19F2N. The average molecular weight is 203 g/mol. The van der Waals surface area contributed by atoms with Crippen LogP contribution in [0, 0.1) is 5.92 Å². The number of allylic oxidation sites excluding steroid dienone is 1. The Morgan fingerprint density at radius 3 is 2.57 bits per heavy atom. The lowest BCUT2D eigenvalue weighted by molar-refractivity contribution is 0.0404. The minimum atomic E-state index is -2.22. The van der Waals surface area contributed by atoms with Crippen molar-refractivity contribution in [2.45, 2.75) is 39.2 Å². The largest absolute Gasteiger partial charge is 0.294 e. The molecule has 1 heterocycles. The first kappa shape index (κ1) is 11.6. The maximum Gasteiger partial charge on any atom is 0.253 e. The van der Waals surface area contributed by atoms with E-state index in [9.17, 15) is 8.78 Å². The molecule has 0 spiro atoms. The predicted octanol–water partition coefficient (Wildman–Crippen LogP) is 2.93. The summed E-state index contributed by atoms with van der Waals surface area (Å²) in [4.78, 5) is 1.75. The first-order valence-corrected chi connectivity index (χ1v) is 5.19. The number of alkyl halides is 2. The summed E-state index contributed by atoms with van der Waals surface area (Å²) in [5.74, 6) is 0.486. The van der Waals surface area contributed by atoms with Gasteiger partial charge in [-0.25, -0.2) is 8.78 Å². The van der Waals surface area contributed by atoms with Gasteiger partial charge in [-0.05, 0) is 25.8 Å². The van der Waals surface area contributed by atoms with Gasteiger partial charge in [0.25, 0.3) is 6.43 Å². The number of likely N-dealkylation sites (N-methyl/N-ethyl adjacent to an activating group) is 1. The molecular weight excluding hydrogens is 184 g/mol. The molecule has 0 saturated carbocycles. The molecule has 1 aliphatic heterocycles. The molecule has 0 saturated heterocycles. The molecule has 3 heteroatoms. The van der Waals surface area contributed by atoms with Crippen LogP contribution < -0.4 is 0 Å². The van der Waals surface area contributed by atoms with E-state index in [2.05, 4.69) is 19.9 Å². The molecule has 14 heavy (non-hydrogen) atoms. The summed E-state index contributed by atoms with van der Waals surface area (Å²) in [5, 5.41) is 0. The first-order valence-electron chi connectivity index (χ1n) is 5.19. The van der Waals surface area contributed by atoms with Gasteiger partial charge in [0.15, 0.2) is 0 Å². The molecule has 0 aromatic heterocycles. The van der Waals surface area contributed by atoms with Crippen LogP contribution in [0.5, 0.6) is 0 Å². The summed E-state index contributed by atoms with van der Waals surface area (Å²) < 4.78 is 25.2. The Labute approximate surface area is 84.8 Å². The molecule has 0 aromatic rings. The van der Waals surface area contributed by atoms with Crippen molar-refractivity contribution in [2.24, 2.45) is 5.92 Å². The fourth-order valence-electron chi connectivity index (χ4n) is 1.88. The SMILES string of the molecule is CC(C)C1=CCN(C)[C@@H](C(F)F)CC1. The lowest BCUT2D eigenvalue weighted by Crippen LogP contribution is -2.36. The molecule has 1 atom stereocenters. The Kier molecular flexibility index (Phi) is 4.05. The second kappa shape index (κ2) is 4.87. The van der Waals surface area contributed by atoms with E-state index in [-0.39, 0.29) is 0 Å². The summed E-state index contributed by atoms with van der Waals surface area (Å²) in [5.41, 5.74) is 1.32. The maximum absolute atomic E-state index is 12.6. The second-order valence-corrected chi connectivity index (χ2v) is 4.31. The van der Waals surface area contributed by atoms with Gasteiger partial charge < -0.3 is 0 Å². The molecule has 1 nitrogen and oxygen atoms in total. The molecule has 0 bridgehead atoms. The second-order valence-electron chi connectivity index (χ2n) is 4.31. The Morgan fingerprint density at radius 1 is 1.43 bits per heavy atom. The van der Waals surface area contributed by atoms with Gasteiger partial charge >= 0.3 is 0 Å². The van der Waals surface area contributed by atoms with Gasteiger partial charge in [0.05, 0.1) is 6.04 Å². The highest BCUT2D eigenvalue weighted by molar-refractivity contribution is 5.08. The summed E-state index contributed by atoms with van der Waals surface area (Å²) >= 11 is 0. The highest BCUT2D eigenvalue weighted by atomic mass is 19.3. The van der Waals surface area contributed by atoms with Crippen LogP contribution in [0.15, 0.2) is 11.6 Å². The molecule has 0 aliphatic carbocycles. The van der Waals surface area contributed by atoms with Crippen LogP contribution in [-0.2, 0) is 0 Å². The van der Waals surface area contributed by atoms with E-state index in [0.717, 1.165) is 6.42 Å². The van der Waals surface area contributed by atoms with Crippen LogP contribution in [0.25, 0.3) is 0 Å². The predicted molar refractivity (Wildman–Crippen MR) is 54.6 cm³/mol. The molecule has 0 unspecified atom stereocenters. The van der Waals surface area contributed by atoms with Crippen molar-refractivity contribution in [3.05, 3.63) is 11.6 Å². The highest BCUT2D eigenvalue weighted by Gasteiger charge is 2.26. The number of halogens is 2. The molecule has 0 aromatic carbocycles. The Hall–Kier alpha value is -0.440. The molecule has 0 radical (unpaired) electrons. The van der Waals surface area contributed by atoms with Gasteiger partial charge in [-0.15, -0.1) is 0 Å². The van der Waals surface area contributed by atoms with Crippen molar-refractivity contribution in [3.8, 4) is 0 Å². The quantitative estimate of drug-likeness (QED) is 0.624. The van der Waals surface area contributed by atoms with E-state index >= 15 is 0 Å². The molecule has 0 amide bonds. The van der Waals surface area contributed by atoms with Gasteiger partial charge in [-0.2, -0.15) is 0 Å². The highest BCUT2D eigenvalue weighted by Crippen LogP contribution is 2.24. The number of rotatable bonds is 2. The molecule has 0 fully saturated rings. The fraction of sp³-hybridized carbons (Fsp3) is 0.818. The zero-order valence-corrected chi connectivity index (χ0v) is 9.13. The van der Waals surface area contributed by atoms with Gasteiger partial charge in [0.1, 0.15) is 0 Å². The summed E-state index contributed by atoms with van der Waals surface area (Å²) in [7, 11) is 1.77. The topological polar surface area (TPSA) is 3.24 Å². The van der Waals surface area contributed by atoms with Crippen LogP contribution >= 0.6 is 0 Å². The smallest absolute Gasteiger partial charge is 0.253 e. The third kappa shape index (κ3) is 2.77. The maximum atomic E-state index is 12.6. The van der Waals surface area contributed by atoms with Gasteiger partial charge in [0.2, 0.25) is 0 Å². The number of nitrogens with zero attached hydrogens (tertiary/aromatic N) is 1. The average Bonchev–Trinajstić information content (AvgIpc) is 2.26. The van der Waals surface area contributed by atoms with E-state index in [1.54, 1.807) is 11.9 Å². The summed E-state index contributed by atoms with van der Waals surface area (Å²) in [6, 6.07) is -0.567. The third-order valence-corrected chi connectivity index (χ3v) is 2.97. The van der Waals surface area contributed by atoms with E-state index in [4.69, 9.17) is 0 Å². The van der Waals surface area contributed by atoms with Gasteiger partial charge in [-0.1, -0.05) is 25.5 Å². The zero-order valence-electron chi connectivity index (χ0n) is 9.13. The van der Waals surface area contributed by atoms with Crippen molar-refractivity contribution in [1.29, 1.82) is 0 Å². The monoisotopic (exact) mass is 203 g/mol. The zero-order chi connectivity index (χ0) is 10.7. The number of hydrogen-bond donors (Lipinski definition) is 0. The Bertz CT molecular complexity index is 211. The minimum Gasteiger partial charge on any atom is -0.294 e. The number of hydrogen-bond acceptors (Lipinski definition) is 1. The van der Waals surface area contributed by atoms with Crippen molar-refractivity contribution >= 4 is 0 Å². The van der Waals surface area contributed by atoms with E-state index in [1.165, 1.54) is 5.57 Å². The minimum absolute atomic E-state index is 0.486. The third-order valence-electron chi connectivity index (χ3n) is 2.97. The first-order chi connectivity index (χ1) is 6.52. The van der Waals surface area contributed by atoms with Crippen molar-refractivity contribution in [1.82, 2.24) is 4.90 Å². The van der Waals surface area contributed by atoms with Gasteiger partial charge in [-0.3, -0.25) is 4.90 Å². The fourth-order valence-corrected chi connectivity index (χ4v) is 1.88. The van der Waals surface area contributed by atoms with E-state index in [1.807, 2.05) is 0 Å². The van der Waals surface area contributed by atoms with Crippen molar-refractivity contribution in [3.63, 3.8) is 0 Å². The van der Waals surface area contributed by atoms with Crippen LogP contribution in [0.1, 0.15) is 26.7 Å². The van der Waals surface area contributed by atoms with Crippen molar-refractivity contribution in [2.75, 3.05) is 13.6 Å². The Morgan fingerprint density at radius 2 is 2.07 bits per heavy atom. The summed E-state index contributed by atoms with van der Waals surface area (Å²) in [6.07, 6.45) is 1.28. The normalized spacial score (nSPS) is 25.4. The van der Waals surface area contributed by atoms with Crippen molar-refractivity contribution < 1.29 is 8.78 Å². The molecule has 82 valence electrons. The van der Waals surface area contributed by atoms with Crippen LogP contribution in [0.2, 0.25) is 0 Å².